The highest BCUT2D eigenvalue weighted by Gasteiger charge is 2.73. The zero-order valence-corrected chi connectivity index (χ0v) is 22.0. The van der Waals surface area contributed by atoms with Crippen molar-refractivity contribution in [3.8, 4) is 0 Å². The normalized spacial score (nSPS) is 12.2. The fourth-order valence-corrected chi connectivity index (χ4v) is 6.01. The second-order valence-corrected chi connectivity index (χ2v) is 10.7. The van der Waals surface area contributed by atoms with Gasteiger partial charge >= 0.3 is 12.4 Å². The maximum absolute atomic E-state index is 14.7. The Morgan fingerprint density at radius 1 is 0.537 bits per heavy atom. The van der Waals surface area contributed by atoms with Crippen molar-refractivity contribution in [3.63, 3.8) is 0 Å². The fourth-order valence-electron chi connectivity index (χ4n) is 4.17. The van der Waals surface area contributed by atoms with E-state index in [1.165, 1.54) is 0 Å². The lowest BCUT2D eigenvalue weighted by Gasteiger charge is -2.38. The van der Waals surface area contributed by atoms with Crippen LogP contribution in [-0.2, 0) is 5.41 Å². The predicted molar refractivity (Wildman–Crippen MR) is 140 cm³/mol. The van der Waals surface area contributed by atoms with Crippen molar-refractivity contribution < 1.29 is 36.2 Å². The maximum Gasteiger partial charge on any atom is 0.411 e. The van der Waals surface area contributed by atoms with Gasteiger partial charge in [-0.05, 0) is 47.5 Å². The molecular weight excluding hydrogens is 594 g/mol. The van der Waals surface area contributed by atoms with Crippen LogP contribution in [0.25, 0.3) is 0 Å². The number of nitrogens with zero attached hydrogens (tertiary/aromatic N) is 2. The molecule has 0 aliphatic heterocycles. The monoisotopic (exact) mass is 610 g/mol. The largest absolute Gasteiger partial charge is 0.411 e. The molecule has 0 unspecified atom stereocenters. The summed E-state index contributed by atoms with van der Waals surface area (Å²) in [5, 5.41) is 23.7. The van der Waals surface area contributed by atoms with Gasteiger partial charge < -0.3 is 0 Å². The van der Waals surface area contributed by atoms with Crippen LogP contribution in [0.1, 0.15) is 11.1 Å². The molecule has 0 saturated carbocycles. The number of hydrogen-bond acceptors (Lipinski definition) is 6. The molecule has 212 valence electrons. The number of nitro benzene ring substituents is 2. The molecule has 4 rings (SSSR count). The van der Waals surface area contributed by atoms with Crippen molar-refractivity contribution in [1.29, 1.82) is 0 Å². The van der Waals surface area contributed by atoms with Crippen LogP contribution in [0.3, 0.4) is 0 Å². The van der Waals surface area contributed by atoms with Gasteiger partial charge in [-0.25, -0.2) is 0 Å². The Balaban J connectivity index is 1.95. The molecule has 41 heavy (non-hydrogen) atoms. The van der Waals surface area contributed by atoms with E-state index in [2.05, 4.69) is 0 Å². The van der Waals surface area contributed by atoms with Gasteiger partial charge in [0.1, 0.15) is 0 Å². The Morgan fingerprint density at radius 2 is 0.878 bits per heavy atom. The zero-order chi connectivity index (χ0) is 30.0. The number of hydrogen-bond donors (Lipinski definition) is 0. The Bertz CT molecular complexity index is 1460. The zero-order valence-electron chi connectivity index (χ0n) is 20.3. The van der Waals surface area contributed by atoms with E-state index in [1.54, 1.807) is 60.7 Å². The molecule has 14 heteroatoms. The summed E-state index contributed by atoms with van der Waals surface area (Å²) in [5.41, 5.74) is -9.79. The molecule has 0 fully saturated rings. The van der Waals surface area contributed by atoms with E-state index in [9.17, 15) is 46.6 Å². The first-order valence-corrected chi connectivity index (χ1v) is 13.1. The summed E-state index contributed by atoms with van der Waals surface area (Å²) >= 11 is 1.57. The van der Waals surface area contributed by atoms with Crippen molar-refractivity contribution in [1.82, 2.24) is 0 Å². The van der Waals surface area contributed by atoms with Gasteiger partial charge in [-0.2, -0.15) is 26.3 Å². The molecule has 0 aliphatic rings. The van der Waals surface area contributed by atoms with Crippen molar-refractivity contribution in [2.24, 2.45) is 0 Å². The molecule has 0 atom stereocenters. The highest BCUT2D eigenvalue weighted by molar-refractivity contribution is 7.99. The Labute approximate surface area is 236 Å². The summed E-state index contributed by atoms with van der Waals surface area (Å²) < 4.78 is 88.4. The highest BCUT2D eigenvalue weighted by atomic mass is 32.2. The lowest BCUT2D eigenvalue weighted by molar-refractivity contribution is -0.388. The van der Waals surface area contributed by atoms with Crippen LogP contribution >= 0.6 is 23.5 Å². The molecule has 6 nitrogen and oxygen atoms in total. The summed E-state index contributed by atoms with van der Waals surface area (Å²) in [6.45, 7) is 0. The van der Waals surface area contributed by atoms with Crippen molar-refractivity contribution in [2.45, 2.75) is 37.3 Å². The average molecular weight is 611 g/mol. The van der Waals surface area contributed by atoms with E-state index >= 15 is 0 Å². The second-order valence-electron chi connectivity index (χ2n) is 8.45. The molecule has 4 aromatic carbocycles. The third-order valence-corrected chi connectivity index (χ3v) is 8.12. The number of alkyl halides is 6. The molecule has 0 bridgehead atoms. The van der Waals surface area contributed by atoms with Gasteiger partial charge in [0.2, 0.25) is 5.41 Å². The standard InChI is InChI=1S/C27H16F6N2O4S2/c28-26(29,30)25(27(31,32)33,17-11-13-23(21(15-17)34(36)37)40-19-7-3-1-4-8-19)18-12-14-24(22(16-18)35(38)39)41-20-9-5-2-6-10-20/h1-16H. The molecule has 0 saturated heterocycles. The fraction of sp³-hybridized carbons (Fsp3) is 0.111. The van der Waals surface area contributed by atoms with Gasteiger partial charge in [0.05, 0.1) is 19.6 Å². The molecule has 0 radical (unpaired) electrons. The van der Waals surface area contributed by atoms with E-state index in [0.717, 1.165) is 35.7 Å². The van der Waals surface area contributed by atoms with Gasteiger partial charge in [0.15, 0.2) is 0 Å². The molecule has 0 aromatic heterocycles. The minimum Gasteiger partial charge on any atom is -0.258 e. The van der Waals surface area contributed by atoms with Crippen LogP contribution in [0.2, 0.25) is 0 Å². The summed E-state index contributed by atoms with van der Waals surface area (Å²) in [7, 11) is 0. The van der Waals surface area contributed by atoms with Gasteiger partial charge in [-0.3, -0.25) is 20.2 Å². The molecular formula is C27H16F6N2O4S2. The first-order chi connectivity index (χ1) is 19.3. The van der Waals surface area contributed by atoms with Crippen LogP contribution in [0.5, 0.6) is 0 Å². The minimum absolute atomic E-state index is 0.191. The molecule has 0 amide bonds. The number of rotatable bonds is 8. The van der Waals surface area contributed by atoms with E-state index in [4.69, 9.17) is 0 Å². The molecule has 0 heterocycles. The summed E-state index contributed by atoms with van der Waals surface area (Å²) in [6.07, 6.45) is -12.2. The van der Waals surface area contributed by atoms with Gasteiger partial charge in [-0.1, -0.05) is 72.1 Å². The van der Waals surface area contributed by atoms with Crippen molar-refractivity contribution in [2.75, 3.05) is 0 Å². The average Bonchev–Trinajstić information content (AvgIpc) is 2.90. The third kappa shape index (κ3) is 5.88. The lowest BCUT2D eigenvalue weighted by Crippen LogP contribution is -2.54. The second kappa shape index (κ2) is 11.4. The van der Waals surface area contributed by atoms with E-state index in [1.807, 2.05) is 0 Å². The van der Waals surface area contributed by atoms with E-state index in [0.29, 0.717) is 21.9 Å². The molecule has 4 aromatic rings. The van der Waals surface area contributed by atoms with Crippen LogP contribution in [0.15, 0.2) is 117 Å². The quantitative estimate of drug-likeness (QED) is 0.112. The summed E-state index contributed by atoms with van der Waals surface area (Å²) in [5.74, 6) is 0. The first kappa shape index (κ1) is 29.9. The molecule has 0 spiro atoms. The molecule has 0 N–H and O–H groups in total. The minimum atomic E-state index is -6.10. The summed E-state index contributed by atoms with van der Waals surface area (Å²) in [4.78, 5) is 22.0. The Morgan fingerprint density at radius 3 is 1.17 bits per heavy atom. The van der Waals surface area contributed by atoms with Crippen LogP contribution in [0, 0.1) is 20.2 Å². The van der Waals surface area contributed by atoms with Crippen molar-refractivity contribution in [3.05, 3.63) is 128 Å². The smallest absolute Gasteiger partial charge is 0.258 e. The first-order valence-electron chi connectivity index (χ1n) is 11.4. The SMILES string of the molecule is O=[N+]([O-])c1cc(C(c2ccc(Sc3ccccc3)c([N+](=O)[O-])c2)(C(F)(F)F)C(F)(F)F)ccc1Sc1ccccc1. The van der Waals surface area contributed by atoms with E-state index in [-0.39, 0.29) is 21.9 Å². The van der Waals surface area contributed by atoms with Crippen LogP contribution in [-0.4, -0.2) is 22.2 Å². The summed E-state index contributed by atoms with van der Waals surface area (Å²) in [6, 6.07) is 19.1. The van der Waals surface area contributed by atoms with Crippen LogP contribution in [0.4, 0.5) is 37.7 Å². The lowest BCUT2D eigenvalue weighted by atomic mass is 9.72. The number of nitro groups is 2. The van der Waals surface area contributed by atoms with Gasteiger partial charge in [-0.15, -0.1) is 0 Å². The predicted octanol–water partition coefficient (Wildman–Crippen LogP) is 9.22. The maximum atomic E-state index is 14.7. The molecule has 0 aliphatic carbocycles. The number of halogens is 6. The third-order valence-electron chi connectivity index (χ3n) is 5.97. The highest BCUT2D eigenvalue weighted by Crippen LogP contribution is 2.58. The van der Waals surface area contributed by atoms with E-state index < -0.39 is 50.1 Å². The topological polar surface area (TPSA) is 86.3 Å². The van der Waals surface area contributed by atoms with Crippen molar-refractivity contribution >= 4 is 34.9 Å². The van der Waals surface area contributed by atoms with Crippen LogP contribution < -0.4 is 0 Å². The van der Waals surface area contributed by atoms with Gasteiger partial charge in [0.25, 0.3) is 11.4 Å². The number of benzene rings is 4. The van der Waals surface area contributed by atoms with Gasteiger partial charge in [0, 0.05) is 21.9 Å². The Hall–Kier alpha value is -4.04. The Kier molecular flexibility index (Phi) is 8.36.